The van der Waals surface area contributed by atoms with Gasteiger partial charge in [-0.05, 0) is 41.5 Å². The van der Waals surface area contributed by atoms with Crippen LogP contribution >= 0.6 is 0 Å². The first-order valence-corrected chi connectivity index (χ1v) is 6.81. The molecule has 0 unspecified atom stereocenters. The highest BCUT2D eigenvalue weighted by Crippen LogP contribution is 2.26. The largest absolute Gasteiger partial charge is 0.493 e. The quantitative estimate of drug-likeness (QED) is 0.880. The molecule has 1 N–H and O–H groups in total. The van der Waals surface area contributed by atoms with E-state index >= 15 is 0 Å². The summed E-state index contributed by atoms with van der Waals surface area (Å²) in [5, 5.41) is 2.42. The van der Waals surface area contributed by atoms with Crippen molar-refractivity contribution in [2.24, 2.45) is 0 Å². The summed E-state index contributed by atoms with van der Waals surface area (Å²) in [4.78, 5) is 11.8. The molecular weight excluding hydrogens is 288 g/mol. The zero-order valence-electron chi connectivity index (χ0n) is 11.6. The molecule has 2 aromatic rings. The van der Waals surface area contributed by atoms with Crippen molar-refractivity contribution in [1.29, 1.82) is 0 Å². The lowest BCUT2D eigenvalue weighted by atomic mass is 10.1. The van der Waals surface area contributed by atoms with Crippen molar-refractivity contribution in [3.05, 3.63) is 65.2 Å². The molecule has 5 heteroatoms. The van der Waals surface area contributed by atoms with E-state index < -0.39 is 17.5 Å². The summed E-state index contributed by atoms with van der Waals surface area (Å²) >= 11 is 0. The fourth-order valence-electron chi connectivity index (χ4n) is 2.29. The highest BCUT2D eigenvalue weighted by molar-refractivity contribution is 6.01. The summed E-state index contributed by atoms with van der Waals surface area (Å²) in [7, 11) is 0. The molecule has 0 saturated carbocycles. The van der Waals surface area contributed by atoms with Crippen molar-refractivity contribution in [2.45, 2.75) is 6.42 Å². The molecule has 1 aliphatic heterocycles. The van der Waals surface area contributed by atoms with Gasteiger partial charge >= 0.3 is 0 Å². The van der Waals surface area contributed by atoms with Crippen molar-refractivity contribution in [3.63, 3.8) is 0 Å². The van der Waals surface area contributed by atoms with Crippen molar-refractivity contribution in [3.8, 4) is 5.75 Å². The molecule has 0 spiro atoms. The lowest BCUT2D eigenvalue weighted by Crippen LogP contribution is -2.08. The zero-order valence-corrected chi connectivity index (χ0v) is 11.6. The highest BCUT2D eigenvalue weighted by atomic mass is 19.1. The Bertz CT molecular complexity index is 736. The van der Waals surface area contributed by atoms with Crippen molar-refractivity contribution < 1.29 is 18.3 Å². The minimum atomic E-state index is -0.738. The fourth-order valence-corrected chi connectivity index (χ4v) is 2.29. The molecule has 22 heavy (non-hydrogen) atoms. The topological polar surface area (TPSA) is 38.3 Å². The van der Waals surface area contributed by atoms with E-state index in [0.29, 0.717) is 6.61 Å². The molecule has 0 atom stereocenters. The standard InChI is InChI=1S/C17H13F2NO2/c18-13-8-14(19)10-15(9-13)20-17(21)4-2-11-1-3-16-12(7-11)5-6-22-16/h1-4,7-10H,5-6H2,(H,20,21)/b4-2+. The van der Waals surface area contributed by atoms with Gasteiger partial charge in [-0.3, -0.25) is 4.79 Å². The van der Waals surface area contributed by atoms with Crippen LogP contribution in [0.2, 0.25) is 0 Å². The Kier molecular flexibility index (Phi) is 3.87. The number of carbonyl (C=O) groups is 1. The highest BCUT2D eigenvalue weighted by Gasteiger charge is 2.11. The van der Waals surface area contributed by atoms with E-state index in [1.54, 1.807) is 6.08 Å². The monoisotopic (exact) mass is 301 g/mol. The van der Waals surface area contributed by atoms with Gasteiger partial charge < -0.3 is 10.1 Å². The van der Waals surface area contributed by atoms with Crippen LogP contribution in [0.1, 0.15) is 11.1 Å². The van der Waals surface area contributed by atoms with E-state index in [-0.39, 0.29) is 5.69 Å². The molecule has 0 bridgehead atoms. The molecular formula is C17H13F2NO2. The van der Waals surface area contributed by atoms with E-state index in [4.69, 9.17) is 4.74 Å². The van der Waals surface area contributed by atoms with Gasteiger partial charge in [0.15, 0.2) is 0 Å². The van der Waals surface area contributed by atoms with Crippen LogP contribution in [0, 0.1) is 11.6 Å². The van der Waals surface area contributed by atoms with Crippen molar-refractivity contribution in [1.82, 2.24) is 0 Å². The zero-order chi connectivity index (χ0) is 15.5. The number of amides is 1. The number of hydrogen-bond acceptors (Lipinski definition) is 2. The SMILES string of the molecule is O=C(/C=C/c1ccc2c(c1)CCO2)Nc1cc(F)cc(F)c1. The Labute approximate surface area is 126 Å². The second kappa shape index (κ2) is 5.97. The van der Waals surface area contributed by atoms with Crippen LogP contribution in [0.4, 0.5) is 14.5 Å². The molecule has 1 aliphatic rings. The van der Waals surface area contributed by atoms with Gasteiger partial charge in [0, 0.05) is 24.3 Å². The average molecular weight is 301 g/mol. The minimum absolute atomic E-state index is 0.0782. The predicted octanol–water partition coefficient (Wildman–Crippen LogP) is 3.55. The molecule has 2 aromatic carbocycles. The molecule has 0 saturated heterocycles. The molecule has 3 rings (SSSR count). The Morgan fingerprint density at radius 2 is 1.91 bits per heavy atom. The third-order valence-electron chi connectivity index (χ3n) is 3.27. The summed E-state index contributed by atoms with van der Waals surface area (Å²) < 4.78 is 31.5. The lowest BCUT2D eigenvalue weighted by molar-refractivity contribution is -0.111. The number of anilines is 1. The summed E-state index contributed by atoms with van der Waals surface area (Å²) in [6.45, 7) is 0.675. The number of carbonyl (C=O) groups excluding carboxylic acids is 1. The van der Waals surface area contributed by atoms with Gasteiger partial charge in [0.25, 0.3) is 0 Å². The molecule has 1 heterocycles. The van der Waals surface area contributed by atoms with Gasteiger partial charge in [-0.1, -0.05) is 6.07 Å². The van der Waals surface area contributed by atoms with Crippen LogP contribution in [0.3, 0.4) is 0 Å². The Hall–Kier alpha value is -2.69. The molecule has 1 amide bonds. The summed E-state index contributed by atoms with van der Waals surface area (Å²) in [6, 6.07) is 8.52. The number of hydrogen-bond donors (Lipinski definition) is 1. The maximum atomic E-state index is 13.0. The number of nitrogens with one attached hydrogen (secondary N) is 1. The minimum Gasteiger partial charge on any atom is -0.493 e. The second-order valence-electron chi connectivity index (χ2n) is 4.95. The third-order valence-corrected chi connectivity index (χ3v) is 3.27. The fraction of sp³-hybridized carbons (Fsp3) is 0.118. The van der Waals surface area contributed by atoms with Crippen LogP contribution in [-0.4, -0.2) is 12.5 Å². The maximum absolute atomic E-state index is 13.0. The number of ether oxygens (including phenoxy) is 1. The van der Waals surface area contributed by atoms with Gasteiger partial charge in [0.1, 0.15) is 17.4 Å². The summed E-state index contributed by atoms with van der Waals surface area (Å²) in [5.74, 6) is -1.06. The second-order valence-corrected chi connectivity index (χ2v) is 4.95. The molecule has 112 valence electrons. The number of halogens is 2. The average Bonchev–Trinajstić information content (AvgIpc) is 2.91. The van der Waals surface area contributed by atoms with Crippen LogP contribution in [0.25, 0.3) is 6.08 Å². The first-order valence-electron chi connectivity index (χ1n) is 6.81. The van der Waals surface area contributed by atoms with Gasteiger partial charge in [-0.15, -0.1) is 0 Å². The first kappa shape index (κ1) is 14.3. The summed E-state index contributed by atoms with van der Waals surface area (Å²) in [5.41, 5.74) is 2.05. The van der Waals surface area contributed by atoms with E-state index in [9.17, 15) is 13.6 Å². The maximum Gasteiger partial charge on any atom is 0.248 e. The van der Waals surface area contributed by atoms with E-state index in [1.807, 2.05) is 18.2 Å². The number of fused-ring (bicyclic) bond motifs is 1. The van der Waals surface area contributed by atoms with Crippen LogP contribution in [-0.2, 0) is 11.2 Å². The van der Waals surface area contributed by atoms with Gasteiger partial charge in [0.2, 0.25) is 5.91 Å². The van der Waals surface area contributed by atoms with E-state index in [0.717, 1.165) is 41.5 Å². The summed E-state index contributed by atoms with van der Waals surface area (Å²) in [6.07, 6.45) is 3.82. The van der Waals surface area contributed by atoms with Crippen LogP contribution < -0.4 is 10.1 Å². The van der Waals surface area contributed by atoms with Crippen molar-refractivity contribution in [2.75, 3.05) is 11.9 Å². The molecule has 0 aliphatic carbocycles. The van der Waals surface area contributed by atoms with Crippen LogP contribution in [0.15, 0.2) is 42.5 Å². The van der Waals surface area contributed by atoms with Gasteiger partial charge in [0.05, 0.1) is 6.61 Å². The van der Waals surface area contributed by atoms with Gasteiger partial charge in [-0.2, -0.15) is 0 Å². The van der Waals surface area contributed by atoms with E-state index in [2.05, 4.69) is 5.32 Å². The first-order chi connectivity index (χ1) is 10.6. The molecule has 0 radical (unpaired) electrons. The van der Waals surface area contributed by atoms with Crippen LogP contribution in [0.5, 0.6) is 5.75 Å². The van der Waals surface area contributed by atoms with Crippen molar-refractivity contribution >= 4 is 17.7 Å². The van der Waals surface area contributed by atoms with Gasteiger partial charge in [-0.25, -0.2) is 8.78 Å². The molecule has 0 aromatic heterocycles. The number of rotatable bonds is 3. The Balaban J connectivity index is 1.68. The molecule has 3 nitrogen and oxygen atoms in total. The number of benzene rings is 2. The predicted molar refractivity (Wildman–Crippen MR) is 79.7 cm³/mol. The smallest absolute Gasteiger partial charge is 0.248 e. The Morgan fingerprint density at radius 3 is 2.68 bits per heavy atom. The lowest BCUT2D eigenvalue weighted by Gasteiger charge is -2.03. The molecule has 0 fully saturated rings. The Morgan fingerprint density at radius 1 is 1.14 bits per heavy atom. The van der Waals surface area contributed by atoms with E-state index in [1.165, 1.54) is 6.08 Å². The third kappa shape index (κ3) is 3.31. The normalized spacial score (nSPS) is 13.0.